The summed E-state index contributed by atoms with van der Waals surface area (Å²) in [5.41, 5.74) is 0.683. The van der Waals surface area contributed by atoms with Crippen LogP contribution in [0.5, 0.6) is 0 Å². The van der Waals surface area contributed by atoms with Crippen molar-refractivity contribution in [3.05, 3.63) is 35.6 Å². The normalized spacial score (nSPS) is 21.8. The first kappa shape index (κ1) is 11.3. The minimum atomic E-state index is -0.181. The topological polar surface area (TPSA) is 17.1 Å². The van der Waals surface area contributed by atoms with Gasteiger partial charge in [-0.1, -0.05) is 31.0 Å². The van der Waals surface area contributed by atoms with Gasteiger partial charge in [0.2, 0.25) is 0 Å². The second kappa shape index (κ2) is 5.24. The van der Waals surface area contributed by atoms with Crippen molar-refractivity contribution < 1.29 is 9.18 Å². The predicted octanol–water partition coefficient (Wildman–Crippen LogP) is 3.52. The van der Waals surface area contributed by atoms with Crippen molar-refractivity contribution in [2.75, 3.05) is 0 Å². The van der Waals surface area contributed by atoms with Crippen molar-refractivity contribution >= 4 is 5.78 Å². The van der Waals surface area contributed by atoms with Crippen LogP contribution in [0.25, 0.3) is 0 Å². The van der Waals surface area contributed by atoms with Crippen LogP contribution in [-0.4, -0.2) is 5.78 Å². The van der Waals surface area contributed by atoms with Gasteiger partial charge < -0.3 is 0 Å². The number of carbonyl (C=O) groups excluding carboxylic acids is 1. The van der Waals surface area contributed by atoms with E-state index in [0.717, 1.165) is 25.7 Å². The molecule has 16 heavy (non-hydrogen) atoms. The monoisotopic (exact) mass is 220 g/mol. The van der Waals surface area contributed by atoms with Gasteiger partial charge in [-0.05, 0) is 30.9 Å². The van der Waals surface area contributed by atoms with Crippen LogP contribution >= 0.6 is 0 Å². The van der Waals surface area contributed by atoms with Crippen molar-refractivity contribution in [3.8, 4) is 0 Å². The van der Waals surface area contributed by atoms with Gasteiger partial charge in [0, 0.05) is 12.3 Å². The lowest BCUT2D eigenvalue weighted by Crippen LogP contribution is -2.15. The molecule has 0 aromatic heterocycles. The molecule has 0 N–H and O–H groups in total. The van der Waals surface area contributed by atoms with Gasteiger partial charge in [-0.25, -0.2) is 4.39 Å². The molecule has 1 aliphatic carbocycles. The van der Waals surface area contributed by atoms with Gasteiger partial charge in [0.05, 0.1) is 0 Å². The summed E-state index contributed by atoms with van der Waals surface area (Å²) in [6.07, 6.45) is 5.43. The Morgan fingerprint density at radius 3 is 2.81 bits per heavy atom. The van der Waals surface area contributed by atoms with Crippen molar-refractivity contribution in [1.82, 2.24) is 0 Å². The summed E-state index contributed by atoms with van der Waals surface area (Å²) in [5, 5.41) is 0. The SMILES string of the molecule is O=C1CCCCC[C@@H]1Cc1ccccc1F. The fraction of sp³-hybridized carbons (Fsp3) is 0.500. The number of Topliss-reactive ketones (excluding diaryl/α,β-unsaturated/α-hetero) is 1. The molecule has 0 saturated heterocycles. The third-order valence-corrected chi connectivity index (χ3v) is 3.36. The summed E-state index contributed by atoms with van der Waals surface area (Å²) in [7, 11) is 0. The Hall–Kier alpha value is -1.18. The molecule has 2 heteroatoms. The molecule has 0 radical (unpaired) electrons. The zero-order valence-corrected chi connectivity index (χ0v) is 9.42. The Morgan fingerprint density at radius 1 is 1.19 bits per heavy atom. The molecule has 1 aliphatic rings. The predicted molar refractivity (Wildman–Crippen MR) is 61.7 cm³/mol. The lowest BCUT2D eigenvalue weighted by molar-refractivity contribution is -0.122. The molecule has 0 aliphatic heterocycles. The van der Waals surface area contributed by atoms with Gasteiger partial charge >= 0.3 is 0 Å². The molecule has 1 aromatic rings. The van der Waals surface area contributed by atoms with Crippen molar-refractivity contribution in [2.24, 2.45) is 5.92 Å². The standard InChI is InChI=1S/C14H17FO/c15-13-8-5-4-6-11(13)10-12-7-2-1-3-9-14(12)16/h4-6,8,12H,1-3,7,9-10H2/t12-/m1/s1. The van der Waals surface area contributed by atoms with Crippen molar-refractivity contribution in [2.45, 2.75) is 38.5 Å². The molecule has 86 valence electrons. The zero-order valence-electron chi connectivity index (χ0n) is 9.42. The fourth-order valence-electron chi connectivity index (χ4n) is 2.38. The molecular formula is C14H17FO. The van der Waals surface area contributed by atoms with Gasteiger partial charge in [0.1, 0.15) is 11.6 Å². The highest BCUT2D eigenvalue weighted by atomic mass is 19.1. The molecule has 0 spiro atoms. The molecule has 1 aromatic carbocycles. The van der Waals surface area contributed by atoms with E-state index >= 15 is 0 Å². The quantitative estimate of drug-likeness (QED) is 0.697. The molecule has 1 atom stereocenters. The number of hydrogen-bond donors (Lipinski definition) is 0. The van der Waals surface area contributed by atoms with Gasteiger partial charge in [0.25, 0.3) is 0 Å². The summed E-state index contributed by atoms with van der Waals surface area (Å²) in [6, 6.07) is 6.78. The van der Waals surface area contributed by atoms with Gasteiger partial charge in [-0.2, -0.15) is 0 Å². The number of benzene rings is 1. The van der Waals surface area contributed by atoms with Gasteiger partial charge in [-0.3, -0.25) is 4.79 Å². The maximum absolute atomic E-state index is 13.5. The highest BCUT2D eigenvalue weighted by molar-refractivity contribution is 5.81. The third kappa shape index (κ3) is 2.69. The lowest BCUT2D eigenvalue weighted by atomic mass is 9.91. The number of carbonyl (C=O) groups is 1. The lowest BCUT2D eigenvalue weighted by Gasteiger charge is -2.13. The second-order valence-electron chi connectivity index (χ2n) is 4.56. The summed E-state index contributed by atoms with van der Waals surface area (Å²) >= 11 is 0. The molecule has 1 saturated carbocycles. The van der Waals surface area contributed by atoms with E-state index in [1.807, 2.05) is 6.07 Å². The van der Waals surface area contributed by atoms with E-state index < -0.39 is 0 Å². The number of hydrogen-bond acceptors (Lipinski definition) is 1. The smallest absolute Gasteiger partial charge is 0.136 e. The average molecular weight is 220 g/mol. The van der Waals surface area contributed by atoms with Crippen molar-refractivity contribution in [3.63, 3.8) is 0 Å². The Morgan fingerprint density at radius 2 is 2.00 bits per heavy atom. The first-order valence-corrected chi connectivity index (χ1v) is 6.03. The van der Waals surface area contributed by atoms with E-state index in [0.29, 0.717) is 24.2 Å². The van der Waals surface area contributed by atoms with Crippen LogP contribution < -0.4 is 0 Å². The maximum atomic E-state index is 13.5. The van der Waals surface area contributed by atoms with Gasteiger partial charge in [0.15, 0.2) is 0 Å². The molecule has 1 nitrogen and oxygen atoms in total. The first-order valence-electron chi connectivity index (χ1n) is 6.03. The number of rotatable bonds is 2. The van der Waals surface area contributed by atoms with Crippen LogP contribution in [0.4, 0.5) is 4.39 Å². The molecule has 2 rings (SSSR count). The van der Waals surface area contributed by atoms with Crippen LogP contribution in [0.15, 0.2) is 24.3 Å². The minimum absolute atomic E-state index is 0.0411. The van der Waals surface area contributed by atoms with Crippen LogP contribution in [0.1, 0.15) is 37.7 Å². The van der Waals surface area contributed by atoms with E-state index in [-0.39, 0.29) is 11.7 Å². The van der Waals surface area contributed by atoms with E-state index in [9.17, 15) is 9.18 Å². The Bertz CT molecular complexity index is 373. The highest BCUT2D eigenvalue weighted by Crippen LogP contribution is 2.24. The molecule has 0 heterocycles. The van der Waals surface area contributed by atoms with E-state index in [1.165, 1.54) is 6.07 Å². The summed E-state index contributed by atoms with van der Waals surface area (Å²) in [5.74, 6) is 0.180. The van der Waals surface area contributed by atoms with Crippen LogP contribution in [-0.2, 0) is 11.2 Å². The first-order chi connectivity index (χ1) is 7.77. The summed E-state index contributed by atoms with van der Waals surface area (Å²) in [6.45, 7) is 0. The number of ketones is 1. The summed E-state index contributed by atoms with van der Waals surface area (Å²) in [4.78, 5) is 11.8. The van der Waals surface area contributed by atoms with Crippen LogP contribution in [0.2, 0.25) is 0 Å². The van der Waals surface area contributed by atoms with Gasteiger partial charge in [-0.15, -0.1) is 0 Å². The average Bonchev–Trinajstić information content (AvgIpc) is 2.48. The second-order valence-corrected chi connectivity index (χ2v) is 4.56. The minimum Gasteiger partial charge on any atom is -0.299 e. The van der Waals surface area contributed by atoms with Crippen LogP contribution in [0, 0.1) is 11.7 Å². The Labute approximate surface area is 95.7 Å². The van der Waals surface area contributed by atoms with E-state index in [2.05, 4.69) is 0 Å². The Kier molecular flexibility index (Phi) is 3.70. The Balaban J connectivity index is 2.08. The molecule has 0 bridgehead atoms. The molecule has 0 amide bonds. The van der Waals surface area contributed by atoms with E-state index in [4.69, 9.17) is 0 Å². The van der Waals surface area contributed by atoms with Crippen LogP contribution in [0.3, 0.4) is 0 Å². The largest absolute Gasteiger partial charge is 0.299 e. The fourth-order valence-corrected chi connectivity index (χ4v) is 2.38. The molecule has 1 fully saturated rings. The maximum Gasteiger partial charge on any atom is 0.136 e. The molecule has 0 unspecified atom stereocenters. The highest BCUT2D eigenvalue weighted by Gasteiger charge is 2.21. The van der Waals surface area contributed by atoms with E-state index in [1.54, 1.807) is 12.1 Å². The molecular weight excluding hydrogens is 203 g/mol. The van der Waals surface area contributed by atoms with Crippen molar-refractivity contribution in [1.29, 1.82) is 0 Å². The zero-order chi connectivity index (χ0) is 11.4. The summed E-state index contributed by atoms with van der Waals surface area (Å²) < 4.78 is 13.5. The third-order valence-electron chi connectivity index (χ3n) is 3.36. The number of halogens is 1.